The quantitative estimate of drug-likeness (QED) is 0.336. The fourth-order valence-corrected chi connectivity index (χ4v) is 6.06. The minimum Gasteiger partial charge on any atom is -0.451 e. The molecule has 2 aliphatic heterocycles. The molecule has 2 aliphatic rings. The van der Waals surface area contributed by atoms with Crippen molar-refractivity contribution < 1.29 is 23.4 Å². The van der Waals surface area contributed by atoms with Gasteiger partial charge in [0.05, 0.1) is 11.1 Å². The molecule has 0 bridgehead atoms. The van der Waals surface area contributed by atoms with E-state index in [2.05, 4.69) is 59.5 Å². The van der Waals surface area contributed by atoms with Crippen LogP contribution in [-0.4, -0.2) is 72.9 Å². The minimum absolute atomic E-state index is 0.0151. The molecular weight excluding hydrogens is 576 g/mol. The number of anilines is 3. The molecule has 0 aliphatic carbocycles. The topological polar surface area (TPSA) is 120 Å². The molecule has 0 saturated carbocycles. The first-order valence-electron chi connectivity index (χ1n) is 14.1. The molecule has 13 heteroatoms. The second-order valence-electron chi connectivity index (χ2n) is 13.1. The van der Waals surface area contributed by atoms with Crippen LogP contribution in [0.1, 0.15) is 59.2 Å². The lowest BCUT2D eigenvalue weighted by molar-refractivity contribution is 0.0196. The highest BCUT2D eigenvalue weighted by Gasteiger charge is 2.41. The molecule has 1 amide bonds. The Labute approximate surface area is 254 Å². The molecule has 1 unspecified atom stereocenters. The van der Waals surface area contributed by atoms with Gasteiger partial charge in [0.1, 0.15) is 11.4 Å². The summed E-state index contributed by atoms with van der Waals surface area (Å²) in [4.78, 5) is 28.5. The van der Waals surface area contributed by atoms with E-state index in [1.807, 2.05) is 39.8 Å². The van der Waals surface area contributed by atoms with Crippen LogP contribution in [0.2, 0.25) is 23.2 Å². The van der Waals surface area contributed by atoms with E-state index in [4.69, 9.17) is 30.2 Å². The number of fused-ring (bicyclic) bond motifs is 1. The molecule has 11 nitrogen and oxygen atoms in total. The Morgan fingerprint density at radius 3 is 2.50 bits per heavy atom. The van der Waals surface area contributed by atoms with Crippen molar-refractivity contribution in [1.82, 2.24) is 19.9 Å². The maximum atomic E-state index is 13.2. The number of ether oxygens (including phenoxy) is 3. The summed E-state index contributed by atoms with van der Waals surface area (Å²) < 4.78 is 24.2. The Kier molecular flexibility index (Phi) is 9.01. The van der Waals surface area contributed by atoms with Crippen LogP contribution in [0.5, 0.6) is 11.6 Å². The van der Waals surface area contributed by atoms with E-state index in [1.54, 1.807) is 11.9 Å². The van der Waals surface area contributed by atoms with Crippen LogP contribution >= 0.6 is 11.6 Å². The van der Waals surface area contributed by atoms with Gasteiger partial charge in [0.25, 0.3) is 5.88 Å². The van der Waals surface area contributed by atoms with E-state index >= 15 is 0 Å². The maximum absolute atomic E-state index is 13.2. The highest BCUT2D eigenvalue weighted by Crippen LogP contribution is 2.47. The number of carbonyl (C=O) groups excluding carboxylic acids is 1. The van der Waals surface area contributed by atoms with Gasteiger partial charge in [-0.05, 0) is 57.8 Å². The van der Waals surface area contributed by atoms with Crippen LogP contribution in [-0.2, 0) is 9.16 Å². The van der Waals surface area contributed by atoms with Crippen LogP contribution in [0.4, 0.5) is 22.4 Å². The zero-order chi connectivity index (χ0) is 31.0. The molecule has 2 aromatic heterocycles. The van der Waals surface area contributed by atoms with Crippen LogP contribution in [0.15, 0.2) is 12.1 Å². The lowest BCUT2D eigenvalue weighted by Crippen LogP contribution is -2.48. The van der Waals surface area contributed by atoms with E-state index in [1.165, 1.54) is 0 Å². The molecule has 0 spiro atoms. The van der Waals surface area contributed by atoms with Gasteiger partial charge < -0.3 is 34.2 Å². The molecule has 0 radical (unpaired) electrons. The lowest BCUT2D eigenvalue weighted by Gasteiger charge is -2.40. The summed E-state index contributed by atoms with van der Waals surface area (Å²) in [6.07, 6.45) is 1.78. The smallest absolute Gasteiger partial charge is 0.410 e. The van der Waals surface area contributed by atoms with Crippen molar-refractivity contribution in [3.63, 3.8) is 0 Å². The van der Waals surface area contributed by atoms with Crippen molar-refractivity contribution in [1.29, 1.82) is 0 Å². The van der Waals surface area contributed by atoms with Crippen molar-refractivity contribution in [3.8, 4) is 11.6 Å². The zero-order valence-corrected chi connectivity index (χ0v) is 28.0. The summed E-state index contributed by atoms with van der Waals surface area (Å²) in [5.74, 6) is 2.09. The number of pyridine rings is 1. The van der Waals surface area contributed by atoms with Gasteiger partial charge in [0, 0.05) is 37.5 Å². The molecule has 4 heterocycles. The zero-order valence-electron chi connectivity index (χ0n) is 26.3. The number of halogens is 1. The largest absolute Gasteiger partial charge is 0.451 e. The molecule has 0 fully saturated rings. The summed E-state index contributed by atoms with van der Waals surface area (Å²) in [5, 5.41) is 6.50. The number of nitrogens with one attached hydrogen (secondary N) is 2. The van der Waals surface area contributed by atoms with Crippen LogP contribution in [0.25, 0.3) is 5.57 Å². The predicted molar refractivity (Wildman–Crippen MR) is 167 cm³/mol. The van der Waals surface area contributed by atoms with Gasteiger partial charge in [0.15, 0.2) is 19.9 Å². The average molecular weight is 619 g/mol. The van der Waals surface area contributed by atoms with Gasteiger partial charge in [-0.2, -0.15) is 9.97 Å². The summed E-state index contributed by atoms with van der Waals surface area (Å²) >= 11 is 7.07. The summed E-state index contributed by atoms with van der Waals surface area (Å²) in [6, 6.07) is 1.83. The molecule has 230 valence electrons. The van der Waals surface area contributed by atoms with Gasteiger partial charge in [-0.1, -0.05) is 38.4 Å². The second-order valence-corrected chi connectivity index (χ2v) is 18.2. The monoisotopic (exact) mass is 618 g/mol. The van der Waals surface area contributed by atoms with Crippen molar-refractivity contribution >= 4 is 49.2 Å². The summed E-state index contributed by atoms with van der Waals surface area (Å²) in [7, 11) is -0.420. The van der Waals surface area contributed by atoms with Crippen molar-refractivity contribution in [2.24, 2.45) is 0 Å². The number of amides is 1. The molecular formula is C29H43ClN6O5Si. The van der Waals surface area contributed by atoms with Gasteiger partial charge in [-0.25, -0.2) is 9.78 Å². The van der Waals surface area contributed by atoms with Gasteiger partial charge in [-0.15, -0.1) is 0 Å². The molecule has 2 N–H and O–H groups in total. The van der Waals surface area contributed by atoms with E-state index in [0.29, 0.717) is 59.3 Å². The van der Waals surface area contributed by atoms with Crippen molar-refractivity contribution in [2.45, 2.75) is 84.7 Å². The van der Waals surface area contributed by atoms with Crippen molar-refractivity contribution in [3.05, 3.63) is 28.4 Å². The Hall–Kier alpha value is -3.09. The minimum atomic E-state index is -2.21. The SMILES string of the molecule is CNc1cc(C)nc(Nc2nc3c(c(C4=CCN(C(=O)OC(C)(C)C)CC(O[Si](C)(C)C(C)(C)C)C4)c2Cl)OCO3)n1. The molecule has 2 aromatic rings. The first-order valence-corrected chi connectivity index (χ1v) is 17.4. The molecule has 4 rings (SSSR count). The lowest BCUT2D eigenvalue weighted by atomic mass is 9.99. The number of hydrogen-bond acceptors (Lipinski definition) is 10. The predicted octanol–water partition coefficient (Wildman–Crippen LogP) is 6.76. The van der Waals surface area contributed by atoms with Gasteiger partial charge >= 0.3 is 6.09 Å². The Bertz CT molecular complexity index is 1370. The highest BCUT2D eigenvalue weighted by atomic mass is 35.5. The molecule has 1 atom stereocenters. The number of aryl methyl sites for hydroxylation is 1. The third-order valence-corrected chi connectivity index (χ3v) is 12.4. The van der Waals surface area contributed by atoms with Crippen LogP contribution in [0.3, 0.4) is 0 Å². The van der Waals surface area contributed by atoms with E-state index < -0.39 is 20.0 Å². The van der Waals surface area contributed by atoms with Crippen LogP contribution in [0, 0.1) is 6.92 Å². The second kappa shape index (κ2) is 11.9. The van der Waals surface area contributed by atoms with E-state index in [0.717, 1.165) is 11.3 Å². The first kappa shape index (κ1) is 31.8. The molecule has 42 heavy (non-hydrogen) atoms. The Balaban J connectivity index is 1.77. The Morgan fingerprint density at radius 2 is 1.86 bits per heavy atom. The van der Waals surface area contributed by atoms with E-state index in [9.17, 15) is 4.79 Å². The fraction of sp³-hybridized carbons (Fsp3) is 0.586. The van der Waals surface area contributed by atoms with E-state index in [-0.39, 0.29) is 17.9 Å². The molecule has 0 saturated heterocycles. The Morgan fingerprint density at radius 1 is 1.14 bits per heavy atom. The normalized spacial score (nSPS) is 17.5. The number of hydrogen-bond donors (Lipinski definition) is 2. The highest BCUT2D eigenvalue weighted by molar-refractivity contribution is 6.74. The van der Waals surface area contributed by atoms with Crippen LogP contribution < -0.4 is 20.1 Å². The number of nitrogens with zero attached hydrogens (tertiary/aromatic N) is 4. The standard InChI is InChI=1S/C29H43ClN6O5Si/c1-17-13-20(31-8)33-26(32-17)35-24-22(30)21(23-25(34-24)39-16-38-23)18-11-12-36(27(37)40-28(2,3)4)15-19(14-18)41-42(9,10)29(5,6)7/h11,13,19H,12,14-16H2,1-10H3,(H2,31,32,33,34,35). The summed E-state index contributed by atoms with van der Waals surface area (Å²) in [5.41, 5.74) is 1.65. The first-order chi connectivity index (χ1) is 19.5. The third kappa shape index (κ3) is 7.27. The number of carbonyl (C=O) groups is 1. The molecule has 0 aromatic carbocycles. The fourth-order valence-electron chi connectivity index (χ4n) is 4.42. The van der Waals surface area contributed by atoms with Gasteiger partial charge in [-0.3, -0.25) is 0 Å². The summed E-state index contributed by atoms with van der Waals surface area (Å²) in [6.45, 7) is 19.1. The third-order valence-electron chi connectivity index (χ3n) is 7.47. The maximum Gasteiger partial charge on any atom is 0.410 e. The number of aromatic nitrogens is 3. The van der Waals surface area contributed by atoms with Gasteiger partial charge in [0.2, 0.25) is 12.7 Å². The number of rotatable bonds is 6. The average Bonchev–Trinajstić information content (AvgIpc) is 3.21. The van der Waals surface area contributed by atoms with Crippen molar-refractivity contribution in [2.75, 3.05) is 37.6 Å².